The Hall–Kier alpha value is -2.04. The molecule has 4 heteroatoms. The maximum Gasteiger partial charge on any atom is 0.122 e. The minimum Gasteiger partial charge on any atom is -0.491 e. The summed E-state index contributed by atoms with van der Waals surface area (Å²) in [5.74, 6) is 1.83. The predicted octanol–water partition coefficient (Wildman–Crippen LogP) is 2.83. The second-order valence-corrected chi connectivity index (χ2v) is 5.96. The van der Waals surface area contributed by atoms with Crippen LogP contribution in [0.25, 0.3) is 0 Å². The van der Waals surface area contributed by atoms with Crippen molar-refractivity contribution < 1.29 is 18.9 Å². The van der Waals surface area contributed by atoms with Crippen molar-refractivity contribution >= 4 is 0 Å². The first-order valence-corrected chi connectivity index (χ1v) is 8.02. The van der Waals surface area contributed by atoms with Crippen LogP contribution < -0.4 is 9.47 Å². The molecule has 2 atom stereocenters. The molecule has 0 bridgehead atoms. The second-order valence-electron chi connectivity index (χ2n) is 5.96. The van der Waals surface area contributed by atoms with E-state index in [1.165, 1.54) is 11.1 Å². The number of hydrogen-bond acceptors (Lipinski definition) is 4. The van der Waals surface area contributed by atoms with Crippen molar-refractivity contribution in [3.8, 4) is 11.5 Å². The molecule has 2 aliphatic rings. The molecule has 2 fully saturated rings. The summed E-state index contributed by atoms with van der Waals surface area (Å²) < 4.78 is 21.9. The zero-order valence-corrected chi connectivity index (χ0v) is 12.9. The minimum atomic E-state index is 0.273. The van der Waals surface area contributed by atoms with Crippen LogP contribution in [0.4, 0.5) is 0 Å². The Bertz CT molecular complexity index is 645. The van der Waals surface area contributed by atoms with E-state index in [4.69, 9.17) is 18.9 Å². The van der Waals surface area contributed by atoms with Gasteiger partial charge in [-0.15, -0.1) is 0 Å². The maximum atomic E-state index is 5.87. The van der Waals surface area contributed by atoms with Crippen molar-refractivity contribution in [1.82, 2.24) is 0 Å². The second kappa shape index (κ2) is 6.60. The molecule has 0 amide bonds. The highest BCUT2D eigenvalue weighted by molar-refractivity contribution is 5.39. The van der Waals surface area contributed by atoms with E-state index in [2.05, 4.69) is 18.2 Å². The first-order valence-electron chi connectivity index (χ1n) is 8.02. The van der Waals surface area contributed by atoms with Crippen molar-refractivity contribution in [2.24, 2.45) is 0 Å². The Morgan fingerprint density at radius 1 is 0.826 bits per heavy atom. The zero-order valence-electron chi connectivity index (χ0n) is 12.9. The monoisotopic (exact) mass is 312 g/mol. The van der Waals surface area contributed by atoms with E-state index >= 15 is 0 Å². The summed E-state index contributed by atoms with van der Waals surface area (Å²) in [5.41, 5.74) is 2.42. The lowest BCUT2D eigenvalue weighted by atomic mass is 10.0. The van der Waals surface area contributed by atoms with Gasteiger partial charge in [0.2, 0.25) is 0 Å². The molecule has 120 valence electrons. The molecule has 2 aromatic rings. The van der Waals surface area contributed by atoms with Crippen LogP contribution in [-0.2, 0) is 15.9 Å². The fraction of sp³-hybridized carbons (Fsp3) is 0.368. The molecule has 2 aliphatic heterocycles. The molecule has 0 radical (unpaired) electrons. The lowest BCUT2D eigenvalue weighted by Crippen LogP contribution is -2.06. The Balaban J connectivity index is 1.38. The summed E-state index contributed by atoms with van der Waals surface area (Å²) in [7, 11) is 0. The third kappa shape index (κ3) is 4.24. The molecule has 2 heterocycles. The van der Waals surface area contributed by atoms with Crippen molar-refractivity contribution in [2.45, 2.75) is 18.6 Å². The van der Waals surface area contributed by atoms with Gasteiger partial charge in [0.05, 0.1) is 13.2 Å². The van der Waals surface area contributed by atoms with E-state index < -0.39 is 0 Å². The molecule has 2 aromatic carbocycles. The maximum absolute atomic E-state index is 5.87. The summed E-state index contributed by atoms with van der Waals surface area (Å²) in [6.45, 7) is 2.91. The highest BCUT2D eigenvalue weighted by atomic mass is 16.6. The number of epoxide rings is 2. The molecule has 4 nitrogen and oxygen atoms in total. The smallest absolute Gasteiger partial charge is 0.122 e. The Morgan fingerprint density at radius 2 is 1.48 bits per heavy atom. The van der Waals surface area contributed by atoms with Gasteiger partial charge in [-0.2, -0.15) is 0 Å². The van der Waals surface area contributed by atoms with E-state index in [1.807, 2.05) is 30.3 Å². The number of rotatable bonds is 8. The number of ether oxygens (including phenoxy) is 4. The van der Waals surface area contributed by atoms with Crippen LogP contribution >= 0.6 is 0 Å². The van der Waals surface area contributed by atoms with Gasteiger partial charge in [0.15, 0.2) is 0 Å². The van der Waals surface area contributed by atoms with Gasteiger partial charge in [-0.3, -0.25) is 0 Å². The van der Waals surface area contributed by atoms with Crippen LogP contribution in [0.2, 0.25) is 0 Å². The van der Waals surface area contributed by atoms with E-state index in [9.17, 15) is 0 Å². The first kappa shape index (κ1) is 14.5. The van der Waals surface area contributed by atoms with Crippen molar-refractivity contribution in [3.05, 3.63) is 59.7 Å². The summed E-state index contributed by atoms with van der Waals surface area (Å²) in [6.07, 6.45) is 1.40. The molecule has 2 saturated heterocycles. The summed E-state index contributed by atoms with van der Waals surface area (Å²) in [5, 5.41) is 0. The predicted molar refractivity (Wildman–Crippen MR) is 86.2 cm³/mol. The van der Waals surface area contributed by atoms with Crippen molar-refractivity contribution in [3.63, 3.8) is 0 Å². The largest absolute Gasteiger partial charge is 0.491 e. The normalized spacial score (nSPS) is 21.7. The molecule has 0 N–H and O–H groups in total. The average molecular weight is 312 g/mol. The van der Waals surface area contributed by atoms with Gasteiger partial charge in [0.1, 0.15) is 36.9 Å². The Kier molecular flexibility index (Phi) is 4.18. The molecule has 23 heavy (non-hydrogen) atoms. The van der Waals surface area contributed by atoms with Gasteiger partial charge in [0, 0.05) is 6.42 Å². The Morgan fingerprint density at radius 3 is 2.17 bits per heavy atom. The lowest BCUT2D eigenvalue weighted by Gasteiger charge is -2.11. The molecular weight excluding hydrogens is 292 g/mol. The first-order chi connectivity index (χ1) is 11.4. The van der Waals surface area contributed by atoms with Crippen LogP contribution in [-0.4, -0.2) is 38.6 Å². The fourth-order valence-corrected chi connectivity index (χ4v) is 2.41. The van der Waals surface area contributed by atoms with E-state index in [1.54, 1.807) is 0 Å². The molecule has 0 saturated carbocycles. The van der Waals surface area contributed by atoms with Crippen molar-refractivity contribution in [2.75, 3.05) is 26.4 Å². The number of para-hydroxylation sites is 1. The third-order valence-corrected chi connectivity index (χ3v) is 3.96. The molecule has 0 spiro atoms. The van der Waals surface area contributed by atoms with E-state index in [0.717, 1.165) is 31.1 Å². The summed E-state index contributed by atoms with van der Waals surface area (Å²) in [6, 6.07) is 16.4. The van der Waals surface area contributed by atoms with Crippen LogP contribution in [0.3, 0.4) is 0 Å². The molecule has 0 aromatic heterocycles. The fourth-order valence-electron chi connectivity index (χ4n) is 2.41. The molecular formula is C19H20O4. The van der Waals surface area contributed by atoms with Gasteiger partial charge < -0.3 is 18.9 Å². The topological polar surface area (TPSA) is 43.5 Å². The Labute approximate surface area is 135 Å². The zero-order chi connectivity index (χ0) is 15.5. The molecule has 0 unspecified atom stereocenters. The SMILES string of the molecule is c1ccc(OC[C@H]2CO2)c(Cc2ccc(OC[C@@H]3CO3)cc2)c1. The lowest BCUT2D eigenvalue weighted by molar-refractivity contribution is 0.261. The minimum absolute atomic E-state index is 0.273. The molecule has 4 rings (SSSR count). The number of hydrogen-bond donors (Lipinski definition) is 0. The van der Waals surface area contributed by atoms with Gasteiger partial charge in [-0.05, 0) is 29.3 Å². The van der Waals surface area contributed by atoms with E-state index in [-0.39, 0.29) is 12.2 Å². The highest BCUT2D eigenvalue weighted by Gasteiger charge is 2.24. The van der Waals surface area contributed by atoms with Crippen LogP contribution in [0, 0.1) is 0 Å². The standard InChI is InChI=1S/C19H20O4/c1-2-4-19(23-13-18-12-22-18)15(3-1)9-14-5-7-16(8-6-14)20-10-17-11-21-17/h1-8,17-18H,9-13H2/t17-,18-/m1/s1. The van der Waals surface area contributed by atoms with Crippen molar-refractivity contribution in [1.29, 1.82) is 0 Å². The highest BCUT2D eigenvalue weighted by Crippen LogP contribution is 2.24. The van der Waals surface area contributed by atoms with Gasteiger partial charge in [-0.25, -0.2) is 0 Å². The number of benzene rings is 2. The van der Waals surface area contributed by atoms with E-state index in [0.29, 0.717) is 13.2 Å². The van der Waals surface area contributed by atoms with Crippen LogP contribution in [0.5, 0.6) is 11.5 Å². The van der Waals surface area contributed by atoms with Gasteiger partial charge in [-0.1, -0.05) is 30.3 Å². The summed E-state index contributed by atoms with van der Waals surface area (Å²) >= 11 is 0. The third-order valence-electron chi connectivity index (χ3n) is 3.96. The summed E-state index contributed by atoms with van der Waals surface area (Å²) in [4.78, 5) is 0. The van der Waals surface area contributed by atoms with Gasteiger partial charge >= 0.3 is 0 Å². The molecule has 0 aliphatic carbocycles. The van der Waals surface area contributed by atoms with Crippen LogP contribution in [0.15, 0.2) is 48.5 Å². The quantitative estimate of drug-likeness (QED) is 0.703. The average Bonchev–Trinajstić information content (AvgIpc) is 3.48. The van der Waals surface area contributed by atoms with Gasteiger partial charge in [0.25, 0.3) is 0 Å². The van der Waals surface area contributed by atoms with Crippen LogP contribution in [0.1, 0.15) is 11.1 Å².